The second kappa shape index (κ2) is 8.84. The molecule has 1 atom stereocenters. The Labute approximate surface area is 147 Å². The molecule has 2 rings (SSSR count). The molecule has 0 aliphatic carbocycles. The van der Waals surface area contributed by atoms with Crippen molar-refractivity contribution in [2.24, 2.45) is 4.99 Å². The fourth-order valence-electron chi connectivity index (χ4n) is 2.19. The van der Waals surface area contributed by atoms with Crippen LogP contribution in [0.2, 0.25) is 0 Å². The van der Waals surface area contributed by atoms with E-state index >= 15 is 0 Å². The first kappa shape index (κ1) is 18.5. The lowest BCUT2D eigenvalue weighted by molar-refractivity contribution is 0.594. The molecule has 0 fully saturated rings. The van der Waals surface area contributed by atoms with Crippen molar-refractivity contribution in [2.75, 3.05) is 25.9 Å². The number of guanidine groups is 1. The Bertz CT molecular complexity index is 741. The molecule has 2 aromatic rings. The van der Waals surface area contributed by atoms with Crippen molar-refractivity contribution < 1.29 is 8.42 Å². The first-order chi connectivity index (χ1) is 11.5. The standard InChI is InChI=1S/C17H23N3O2S2/c1-14(15-8-10-23-13-15)12-20-17(18-2)19-9-11-24(21,22)16-6-4-3-5-7-16/h3-8,10,13-14H,9,11-12H2,1-2H3,(H2,18,19,20). The molecule has 7 heteroatoms. The number of aliphatic imine (C=N–C) groups is 1. The molecule has 2 N–H and O–H groups in total. The topological polar surface area (TPSA) is 70.6 Å². The second-order valence-corrected chi connectivity index (χ2v) is 8.36. The maximum Gasteiger partial charge on any atom is 0.191 e. The lowest BCUT2D eigenvalue weighted by Gasteiger charge is -2.15. The van der Waals surface area contributed by atoms with Crippen LogP contribution in [0.1, 0.15) is 18.4 Å². The van der Waals surface area contributed by atoms with Crippen LogP contribution in [0.4, 0.5) is 0 Å². The zero-order valence-corrected chi connectivity index (χ0v) is 15.5. The first-order valence-electron chi connectivity index (χ1n) is 7.77. The van der Waals surface area contributed by atoms with Crippen LogP contribution in [0, 0.1) is 0 Å². The van der Waals surface area contributed by atoms with Crippen molar-refractivity contribution in [3.8, 4) is 0 Å². The van der Waals surface area contributed by atoms with E-state index in [2.05, 4.69) is 39.4 Å². The molecule has 1 aromatic heterocycles. The van der Waals surface area contributed by atoms with E-state index in [9.17, 15) is 8.42 Å². The van der Waals surface area contributed by atoms with Gasteiger partial charge in [0.05, 0.1) is 10.6 Å². The molecule has 1 heterocycles. The Balaban J connectivity index is 1.80. The fourth-order valence-corrected chi connectivity index (χ4v) is 4.15. The molecule has 0 aliphatic rings. The van der Waals surface area contributed by atoms with E-state index in [1.807, 2.05) is 0 Å². The van der Waals surface area contributed by atoms with Crippen molar-refractivity contribution in [3.63, 3.8) is 0 Å². The van der Waals surface area contributed by atoms with Crippen LogP contribution in [0.25, 0.3) is 0 Å². The summed E-state index contributed by atoms with van der Waals surface area (Å²) in [5.74, 6) is 1.00. The van der Waals surface area contributed by atoms with E-state index in [1.165, 1.54) is 5.56 Å². The summed E-state index contributed by atoms with van der Waals surface area (Å²) in [4.78, 5) is 4.48. The maximum atomic E-state index is 12.2. The minimum absolute atomic E-state index is 0.0256. The van der Waals surface area contributed by atoms with Gasteiger partial charge in [0.15, 0.2) is 15.8 Å². The molecule has 0 amide bonds. The van der Waals surface area contributed by atoms with E-state index in [4.69, 9.17) is 0 Å². The largest absolute Gasteiger partial charge is 0.356 e. The van der Waals surface area contributed by atoms with Crippen LogP contribution in [-0.2, 0) is 9.84 Å². The van der Waals surface area contributed by atoms with Gasteiger partial charge in [0, 0.05) is 20.1 Å². The van der Waals surface area contributed by atoms with Gasteiger partial charge in [0.25, 0.3) is 0 Å². The summed E-state index contributed by atoms with van der Waals surface area (Å²) in [5, 5.41) is 10.5. The number of thiophene rings is 1. The van der Waals surface area contributed by atoms with Crippen molar-refractivity contribution >= 4 is 27.1 Å². The highest BCUT2D eigenvalue weighted by molar-refractivity contribution is 7.91. The first-order valence-corrected chi connectivity index (χ1v) is 10.4. The van der Waals surface area contributed by atoms with Gasteiger partial charge in [-0.3, -0.25) is 4.99 Å². The third-order valence-corrected chi connectivity index (χ3v) is 6.11. The molecule has 5 nitrogen and oxygen atoms in total. The molecule has 24 heavy (non-hydrogen) atoms. The minimum Gasteiger partial charge on any atom is -0.356 e. The molecule has 0 radical (unpaired) electrons. The van der Waals surface area contributed by atoms with Crippen LogP contribution in [-0.4, -0.2) is 40.3 Å². The van der Waals surface area contributed by atoms with Gasteiger partial charge < -0.3 is 10.6 Å². The summed E-state index contributed by atoms with van der Waals surface area (Å²) >= 11 is 1.68. The highest BCUT2D eigenvalue weighted by atomic mass is 32.2. The van der Waals surface area contributed by atoms with E-state index in [0.29, 0.717) is 23.3 Å². The SMILES string of the molecule is CN=C(NCCS(=O)(=O)c1ccccc1)NCC(C)c1ccsc1. The number of rotatable bonds is 7. The quantitative estimate of drug-likeness (QED) is 0.584. The van der Waals surface area contributed by atoms with Gasteiger partial charge in [-0.25, -0.2) is 8.42 Å². The molecular formula is C17H23N3O2S2. The summed E-state index contributed by atoms with van der Waals surface area (Å²) in [5.41, 5.74) is 1.29. The van der Waals surface area contributed by atoms with Gasteiger partial charge in [-0.15, -0.1) is 0 Å². The molecule has 0 saturated heterocycles. The van der Waals surface area contributed by atoms with E-state index < -0.39 is 9.84 Å². The molecule has 0 saturated carbocycles. The Kier molecular flexibility index (Phi) is 6.81. The van der Waals surface area contributed by atoms with Crippen molar-refractivity contribution in [1.29, 1.82) is 0 Å². The van der Waals surface area contributed by atoms with Crippen molar-refractivity contribution in [3.05, 3.63) is 52.7 Å². The summed E-state index contributed by atoms with van der Waals surface area (Å²) in [6, 6.07) is 10.6. The highest BCUT2D eigenvalue weighted by Gasteiger charge is 2.14. The van der Waals surface area contributed by atoms with Gasteiger partial charge in [-0.2, -0.15) is 11.3 Å². The average Bonchev–Trinajstić information content (AvgIpc) is 3.13. The molecule has 1 unspecified atom stereocenters. The number of sulfone groups is 1. The fraction of sp³-hybridized carbons (Fsp3) is 0.353. The lowest BCUT2D eigenvalue weighted by Crippen LogP contribution is -2.41. The second-order valence-electron chi connectivity index (χ2n) is 5.47. The van der Waals surface area contributed by atoms with Gasteiger partial charge >= 0.3 is 0 Å². The smallest absolute Gasteiger partial charge is 0.191 e. The molecule has 0 aliphatic heterocycles. The zero-order valence-electron chi connectivity index (χ0n) is 13.9. The van der Waals surface area contributed by atoms with Crippen LogP contribution < -0.4 is 10.6 Å². The molecule has 130 valence electrons. The monoisotopic (exact) mass is 365 g/mol. The Morgan fingerprint density at radius 2 is 1.96 bits per heavy atom. The van der Waals surface area contributed by atoms with Gasteiger partial charge in [-0.1, -0.05) is 25.1 Å². The van der Waals surface area contributed by atoms with E-state index in [0.717, 1.165) is 6.54 Å². The van der Waals surface area contributed by atoms with Crippen LogP contribution >= 0.6 is 11.3 Å². The average molecular weight is 366 g/mol. The maximum absolute atomic E-state index is 12.2. The number of hydrogen-bond donors (Lipinski definition) is 2. The van der Waals surface area contributed by atoms with Crippen molar-refractivity contribution in [2.45, 2.75) is 17.7 Å². The zero-order chi connectivity index (χ0) is 17.4. The Morgan fingerprint density at radius 3 is 2.58 bits per heavy atom. The highest BCUT2D eigenvalue weighted by Crippen LogP contribution is 2.16. The lowest BCUT2D eigenvalue weighted by atomic mass is 10.1. The number of nitrogens with zero attached hydrogens (tertiary/aromatic N) is 1. The normalized spacial score (nSPS) is 13.5. The van der Waals surface area contributed by atoms with Crippen molar-refractivity contribution in [1.82, 2.24) is 10.6 Å². The predicted octanol–water partition coefficient (Wildman–Crippen LogP) is 2.49. The molecule has 0 spiro atoms. The summed E-state index contributed by atoms with van der Waals surface area (Å²) in [6.45, 7) is 3.19. The third kappa shape index (κ3) is 5.35. The Morgan fingerprint density at radius 1 is 1.21 bits per heavy atom. The minimum atomic E-state index is -3.27. The Hall–Kier alpha value is -1.86. The van der Waals surface area contributed by atoms with Gasteiger partial charge in [0.1, 0.15) is 0 Å². The van der Waals surface area contributed by atoms with Gasteiger partial charge in [-0.05, 0) is 40.4 Å². The number of benzene rings is 1. The summed E-state index contributed by atoms with van der Waals surface area (Å²) < 4.78 is 24.4. The van der Waals surface area contributed by atoms with Crippen LogP contribution in [0.3, 0.4) is 0 Å². The molecular weight excluding hydrogens is 342 g/mol. The summed E-state index contributed by atoms with van der Waals surface area (Å²) in [6.07, 6.45) is 0. The van der Waals surface area contributed by atoms with E-state index in [-0.39, 0.29) is 5.75 Å². The number of nitrogens with one attached hydrogen (secondary N) is 2. The van der Waals surface area contributed by atoms with E-state index in [1.54, 1.807) is 48.7 Å². The van der Waals surface area contributed by atoms with Crippen LogP contribution in [0.15, 0.2) is 57.0 Å². The van der Waals surface area contributed by atoms with Crippen LogP contribution in [0.5, 0.6) is 0 Å². The van der Waals surface area contributed by atoms with Gasteiger partial charge in [0.2, 0.25) is 0 Å². The predicted molar refractivity (Wildman–Crippen MR) is 101 cm³/mol. The summed E-state index contributed by atoms with van der Waals surface area (Å²) in [7, 11) is -1.60. The molecule has 1 aromatic carbocycles. The third-order valence-electron chi connectivity index (χ3n) is 3.68. The molecule has 0 bridgehead atoms. The number of hydrogen-bond acceptors (Lipinski definition) is 4.